The Morgan fingerprint density at radius 1 is 0.778 bits per heavy atom. The first-order chi connectivity index (χ1) is 21.3. The molecule has 6 nitrogen and oxygen atoms in total. The fraction of sp³-hybridized carbons (Fsp3) is 0.243. The van der Waals surface area contributed by atoms with Gasteiger partial charge in [0.2, 0.25) is 0 Å². The van der Waals surface area contributed by atoms with Crippen LogP contribution in [0.1, 0.15) is 54.2 Å². The van der Waals surface area contributed by atoms with Gasteiger partial charge in [0.05, 0.1) is 10.6 Å². The van der Waals surface area contributed by atoms with Gasteiger partial charge in [0.25, 0.3) is 0 Å². The van der Waals surface area contributed by atoms with Crippen LogP contribution >= 0.6 is 15.2 Å². The minimum Gasteiger partial charge on any atom is -0.413 e. The number of fused-ring (bicyclic) bond motifs is 1. The number of rotatable bonds is 7. The molecule has 0 radical (unpaired) electrons. The number of hydrogen-bond acceptors (Lipinski definition) is 6. The zero-order valence-electron chi connectivity index (χ0n) is 27.1. The fourth-order valence-electron chi connectivity index (χ4n) is 5.75. The molecular weight excluding hydrogens is 602 g/mol. The van der Waals surface area contributed by atoms with Crippen molar-refractivity contribution in [2.45, 2.75) is 61.8 Å². The zero-order chi connectivity index (χ0) is 32.5. The molecule has 0 saturated carbocycles. The molecule has 0 N–H and O–H groups in total. The van der Waals surface area contributed by atoms with Crippen LogP contribution in [0.4, 0.5) is 0 Å². The lowest BCUT2D eigenvalue weighted by atomic mass is 10.00. The van der Waals surface area contributed by atoms with Gasteiger partial charge >= 0.3 is 15.2 Å². The average molecular weight is 643 g/mol. The molecule has 5 rings (SSSR count). The van der Waals surface area contributed by atoms with Gasteiger partial charge in [-0.25, -0.2) is 9.13 Å². The summed E-state index contributed by atoms with van der Waals surface area (Å²) in [5, 5.41) is 1.04. The van der Waals surface area contributed by atoms with Crippen LogP contribution in [0.2, 0.25) is 0 Å². The summed E-state index contributed by atoms with van der Waals surface area (Å²) in [6.07, 6.45) is 2.55. The molecular formula is C37H40O6P2. The van der Waals surface area contributed by atoms with E-state index >= 15 is 0 Å². The third kappa shape index (κ3) is 6.54. The van der Waals surface area contributed by atoms with E-state index in [0.717, 1.165) is 44.5 Å². The quantitative estimate of drug-likeness (QED) is 0.187. The van der Waals surface area contributed by atoms with E-state index < -0.39 is 15.2 Å². The zero-order valence-corrected chi connectivity index (χ0v) is 28.9. The highest BCUT2D eigenvalue weighted by Gasteiger charge is 2.40. The van der Waals surface area contributed by atoms with Crippen LogP contribution in [-0.4, -0.2) is 0 Å². The van der Waals surface area contributed by atoms with Gasteiger partial charge in [0.15, 0.2) is 0 Å². The standard InChI is InChI=1S/C37H40O6P2/c1-9-30-22-31-19-12-18-29(8)37(31)45(39,42-34(30)24(2)3)41-33-21-13-20-32(23-33)40-44(38,36-27(6)16-11-17-28(36)7)43-35-25(4)14-10-15-26(35)5/h9-21,23H,22H2,1-8H3/b30-9-. The minimum atomic E-state index is -4.00. The molecule has 234 valence electrons. The van der Waals surface area contributed by atoms with E-state index in [4.69, 9.17) is 18.1 Å². The molecule has 1 aliphatic heterocycles. The predicted molar refractivity (Wildman–Crippen MR) is 183 cm³/mol. The maximum absolute atomic E-state index is 14.9. The topological polar surface area (TPSA) is 71.1 Å². The summed E-state index contributed by atoms with van der Waals surface area (Å²) in [6.45, 7) is 15.3. The second-order valence-electron chi connectivity index (χ2n) is 11.7. The van der Waals surface area contributed by atoms with Gasteiger partial charge in [-0.1, -0.05) is 66.7 Å². The highest BCUT2D eigenvalue weighted by atomic mass is 31.2. The van der Waals surface area contributed by atoms with Crippen molar-refractivity contribution in [3.63, 3.8) is 0 Å². The van der Waals surface area contributed by atoms with E-state index in [1.165, 1.54) is 0 Å². The second-order valence-corrected chi connectivity index (χ2v) is 15.3. The Bertz CT molecular complexity index is 1890. The fourth-order valence-corrected chi connectivity index (χ4v) is 10.1. The van der Waals surface area contributed by atoms with Crippen molar-refractivity contribution in [2.75, 3.05) is 0 Å². The van der Waals surface area contributed by atoms with Crippen molar-refractivity contribution in [3.05, 3.63) is 135 Å². The lowest BCUT2D eigenvalue weighted by Crippen LogP contribution is -2.21. The molecule has 0 bridgehead atoms. The smallest absolute Gasteiger partial charge is 0.413 e. The van der Waals surface area contributed by atoms with Gasteiger partial charge in [0, 0.05) is 12.5 Å². The van der Waals surface area contributed by atoms with Gasteiger partial charge < -0.3 is 18.1 Å². The van der Waals surface area contributed by atoms with E-state index in [0.29, 0.717) is 28.5 Å². The van der Waals surface area contributed by atoms with Crippen molar-refractivity contribution in [3.8, 4) is 17.2 Å². The molecule has 0 aliphatic carbocycles. The Hall–Kier alpha value is -3.98. The Balaban J connectivity index is 1.58. The largest absolute Gasteiger partial charge is 0.463 e. The molecule has 2 unspecified atom stereocenters. The Labute approximate surface area is 266 Å². The number of hydrogen-bond donors (Lipinski definition) is 0. The van der Waals surface area contributed by atoms with Crippen molar-refractivity contribution in [2.24, 2.45) is 0 Å². The third-order valence-electron chi connectivity index (χ3n) is 7.87. The summed E-state index contributed by atoms with van der Waals surface area (Å²) in [4.78, 5) is 0. The van der Waals surface area contributed by atoms with Crippen molar-refractivity contribution < 1.29 is 27.2 Å². The number of para-hydroxylation sites is 1. The first-order valence-corrected chi connectivity index (χ1v) is 18.1. The van der Waals surface area contributed by atoms with Gasteiger partial charge in [0.1, 0.15) is 23.0 Å². The van der Waals surface area contributed by atoms with Gasteiger partial charge in [-0.15, -0.1) is 0 Å². The summed E-state index contributed by atoms with van der Waals surface area (Å²) in [5.74, 6) is 1.56. The minimum absolute atomic E-state index is 0.243. The van der Waals surface area contributed by atoms with Crippen LogP contribution in [0.3, 0.4) is 0 Å². The highest BCUT2D eigenvalue weighted by molar-refractivity contribution is 7.63. The van der Waals surface area contributed by atoms with E-state index in [1.54, 1.807) is 24.3 Å². The number of allylic oxidation sites excluding steroid dienone is 3. The molecule has 4 aromatic carbocycles. The van der Waals surface area contributed by atoms with Crippen LogP contribution in [0.5, 0.6) is 17.2 Å². The summed E-state index contributed by atoms with van der Waals surface area (Å²) in [5.41, 5.74) is 6.80. The third-order valence-corrected chi connectivity index (χ3v) is 12.1. The van der Waals surface area contributed by atoms with Gasteiger partial charge in [-0.05, 0) is 112 Å². The molecule has 4 aromatic rings. The van der Waals surface area contributed by atoms with Crippen LogP contribution in [0, 0.1) is 34.6 Å². The summed E-state index contributed by atoms with van der Waals surface area (Å²) in [7, 11) is -7.93. The Morgan fingerprint density at radius 3 is 1.96 bits per heavy atom. The number of aryl methyl sites for hydroxylation is 5. The lowest BCUT2D eigenvalue weighted by molar-refractivity contribution is 0.344. The summed E-state index contributed by atoms with van der Waals surface area (Å²) in [6, 6.07) is 23.9. The van der Waals surface area contributed by atoms with E-state index in [1.807, 2.05) is 116 Å². The average Bonchev–Trinajstić information content (AvgIpc) is 3.09. The van der Waals surface area contributed by atoms with Crippen LogP contribution < -0.4 is 24.2 Å². The van der Waals surface area contributed by atoms with Crippen LogP contribution in [-0.2, 0) is 20.1 Å². The molecule has 1 aliphatic rings. The maximum Gasteiger partial charge on any atom is 0.463 e. The molecule has 0 saturated heterocycles. The van der Waals surface area contributed by atoms with E-state index in [-0.39, 0.29) is 11.5 Å². The van der Waals surface area contributed by atoms with E-state index in [2.05, 4.69) is 0 Å². The van der Waals surface area contributed by atoms with Crippen LogP contribution in [0.15, 0.2) is 102 Å². The predicted octanol–water partition coefficient (Wildman–Crippen LogP) is 9.92. The number of benzene rings is 4. The second kappa shape index (κ2) is 12.8. The molecule has 1 heterocycles. The molecule has 0 spiro atoms. The van der Waals surface area contributed by atoms with Crippen LogP contribution in [0.25, 0.3) is 0 Å². The van der Waals surface area contributed by atoms with Gasteiger partial charge in [-0.2, -0.15) is 0 Å². The molecule has 8 heteroatoms. The van der Waals surface area contributed by atoms with Crippen molar-refractivity contribution >= 4 is 25.8 Å². The van der Waals surface area contributed by atoms with E-state index in [9.17, 15) is 9.13 Å². The Morgan fingerprint density at radius 2 is 1.33 bits per heavy atom. The molecule has 2 atom stereocenters. The normalized spacial score (nSPS) is 18.3. The SMILES string of the molecule is C/C=C1/Cc2cccc(C)c2P(=O)(Oc2cccc(OP(=O)(Oc3c(C)cccc3C)c3c(C)cccc3C)c2)OC1=C(C)C. The summed E-state index contributed by atoms with van der Waals surface area (Å²) >= 11 is 0. The monoisotopic (exact) mass is 642 g/mol. The molecule has 45 heavy (non-hydrogen) atoms. The molecule has 0 fully saturated rings. The highest BCUT2D eigenvalue weighted by Crippen LogP contribution is 2.55. The first kappa shape index (κ1) is 32.4. The van der Waals surface area contributed by atoms with Gasteiger partial charge in [-0.3, -0.25) is 0 Å². The lowest BCUT2D eigenvalue weighted by Gasteiger charge is -2.25. The van der Waals surface area contributed by atoms with Crippen molar-refractivity contribution in [1.82, 2.24) is 0 Å². The molecule has 0 amide bonds. The first-order valence-electron chi connectivity index (χ1n) is 15.0. The summed E-state index contributed by atoms with van der Waals surface area (Å²) < 4.78 is 55.2. The molecule has 0 aromatic heterocycles. The van der Waals surface area contributed by atoms with Crippen molar-refractivity contribution in [1.29, 1.82) is 0 Å². The Kier molecular flexibility index (Phi) is 9.21. The maximum atomic E-state index is 14.9.